The number of carbonyl (C=O) groups is 12. The number of fused-ring (bicyclic) bond motifs is 15. The highest BCUT2D eigenvalue weighted by Gasteiger charge is 2.81. The maximum absolute atomic E-state index is 13.2. The van der Waals surface area contributed by atoms with Crippen molar-refractivity contribution >= 4 is 71.3 Å². The van der Waals surface area contributed by atoms with E-state index in [0.717, 1.165) is 92.8 Å². The summed E-state index contributed by atoms with van der Waals surface area (Å²) in [6, 6.07) is 1.06. The number of rotatable bonds is 12. The van der Waals surface area contributed by atoms with Gasteiger partial charge in [0.15, 0.2) is 0 Å². The van der Waals surface area contributed by atoms with Crippen LogP contribution in [0.3, 0.4) is 0 Å². The van der Waals surface area contributed by atoms with Gasteiger partial charge in [-0.15, -0.1) is 0 Å². The van der Waals surface area contributed by atoms with E-state index >= 15 is 0 Å². The van der Waals surface area contributed by atoms with Gasteiger partial charge in [0.1, 0.15) is 0 Å². The summed E-state index contributed by atoms with van der Waals surface area (Å²) in [5.41, 5.74) is 11.9. The van der Waals surface area contributed by atoms with Crippen LogP contribution < -0.4 is 22.1 Å². The molecule has 16 aliphatic rings. The number of aliphatic carboxylic acids is 2. The van der Waals surface area contributed by atoms with E-state index in [1.54, 1.807) is 4.90 Å². The lowest BCUT2D eigenvalue weighted by Gasteiger charge is -2.63. The summed E-state index contributed by atoms with van der Waals surface area (Å²) in [6.45, 7) is 4.70. The zero-order valence-corrected chi connectivity index (χ0v) is 57.1. The summed E-state index contributed by atoms with van der Waals surface area (Å²) < 4.78 is 9.05. The third-order valence-corrected chi connectivity index (χ3v) is 28.2. The number of nitrogens with one attached hydrogen (secondary N) is 2. The minimum absolute atomic E-state index is 0. The highest BCUT2D eigenvalue weighted by atomic mass is 16.6. The number of imide groups is 2. The van der Waals surface area contributed by atoms with E-state index in [4.69, 9.17) is 11.5 Å². The van der Waals surface area contributed by atoms with Crippen LogP contribution in [-0.4, -0.2) is 140 Å². The fourth-order valence-electron chi connectivity index (χ4n) is 22.9. The van der Waals surface area contributed by atoms with Crippen LogP contribution in [0.1, 0.15) is 195 Å². The molecule has 0 aromatic rings. The molecule has 0 aromatic heterocycles. The predicted molar refractivity (Wildman–Crippen MR) is 354 cm³/mol. The number of nitrogens with zero attached hydrogens (tertiary/aromatic N) is 2. The lowest BCUT2D eigenvalue weighted by atomic mass is 9.37. The zero-order valence-electron chi connectivity index (χ0n) is 57.1. The molecule has 0 aromatic carbocycles. The van der Waals surface area contributed by atoms with Crippen molar-refractivity contribution in [1.29, 1.82) is 0 Å². The minimum atomic E-state index is -1.17. The number of hydrogen-bond acceptors (Lipinski definition) is 16. The third-order valence-electron chi connectivity index (χ3n) is 28.2. The first kappa shape index (κ1) is 75.0. The molecular weight excluding hydrogens is 1260 g/mol. The number of hydrogen-bond donors (Lipinski definition) is 6. The monoisotopic (exact) mass is 1370 g/mol. The Morgan fingerprint density at radius 2 is 0.694 bits per heavy atom. The van der Waals surface area contributed by atoms with Gasteiger partial charge in [-0.1, -0.05) is 72.6 Å². The first-order valence-corrected chi connectivity index (χ1v) is 37.1. The summed E-state index contributed by atoms with van der Waals surface area (Å²) in [6.07, 6.45) is 33.5. The van der Waals surface area contributed by atoms with E-state index < -0.39 is 101 Å². The molecule has 16 rings (SSSR count). The Morgan fingerprint density at radius 1 is 0.408 bits per heavy atom. The molecule has 16 unspecified atom stereocenters. The standard InChI is InChI=1S/C25H38N2O6.C25H34N2O4.C13H26N2.C10H6O6.CH4.2H2O/c1-12-3-5-13(6-4-12)11-14-7-9-15(10-8-14)27-23(29)19-16-17(21(19)25(32)33)20(24(30)31)18(16)22(28)26-2;1-12-3-5-13(6-4-12)11-14-7-9-15(10-8-14)27-24(30)20-16-17(21(20)25(27)31)19-18(16)22(28)26(2)23(19)29;14-12-5-1-10(2-6-12)9-11-3-7-13(15)8-4-11;11-7-3-1-2(5(3)9(13)15-7)6-4(1)8(12)16-10(6)14;;;/h12-21H,3-11H2,1-2H3,(H,26,28)(H,27,29)(H,30,31)(H,32,33);12-21H,3-11H2,1-2H3;10-13H,1-9,14-15H2;1-6H;1H4;2*1H2. The fraction of sp³-hybridized carbons (Fsp3) is 0.838. The molecule has 16 fully saturated rings. The van der Waals surface area contributed by atoms with Gasteiger partial charge in [-0.05, 0) is 205 Å². The number of esters is 4. The van der Waals surface area contributed by atoms with Crippen molar-refractivity contribution < 1.29 is 88.2 Å². The van der Waals surface area contributed by atoms with Crippen molar-refractivity contribution in [2.45, 2.75) is 219 Å². The van der Waals surface area contributed by atoms with E-state index in [-0.39, 0.29) is 107 Å². The van der Waals surface area contributed by atoms with Crippen molar-refractivity contribution in [2.24, 2.45) is 165 Å². The Morgan fingerprint density at radius 3 is 1.03 bits per heavy atom. The summed E-state index contributed by atoms with van der Waals surface area (Å²) in [7, 11) is 2.96. The van der Waals surface area contributed by atoms with Crippen molar-refractivity contribution in [3.8, 4) is 0 Å². The topological polar surface area (TPSA) is 409 Å². The van der Waals surface area contributed by atoms with Crippen molar-refractivity contribution in [3.05, 3.63) is 0 Å². The molecule has 0 bridgehead atoms. The Labute approximate surface area is 575 Å². The first-order chi connectivity index (χ1) is 45.4. The van der Waals surface area contributed by atoms with E-state index in [9.17, 15) is 67.7 Å². The summed E-state index contributed by atoms with van der Waals surface area (Å²) in [5.74, 6) is -7.83. The van der Waals surface area contributed by atoms with Crippen molar-refractivity contribution in [2.75, 3.05) is 14.1 Å². The number of likely N-dealkylation sites (tertiary alicyclic amines) is 2. The van der Waals surface area contributed by atoms with Crippen LogP contribution in [0.2, 0.25) is 0 Å². The van der Waals surface area contributed by atoms with E-state index in [0.29, 0.717) is 18.0 Å². The lowest BCUT2D eigenvalue weighted by Crippen LogP contribution is -2.73. The molecule has 546 valence electrons. The maximum Gasteiger partial charge on any atom is 0.317 e. The van der Waals surface area contributed by atoms with E-state index in [1.807, 2.05) is 0 Å². The normalized spacial score (nSPS) is 44.7. The summed E-state index contributed by atoms with van der Waals surface area (Å²) in [4.78, 5) is 148. The fourth-order valence-corrected chi connectivity index (χ4v) is 22.9. The molecule has 24 nitrogen and oxygen atoms in total. The second kappa shape index (κ2) is 30.1. The Kier molecular flexibility index (Phi) is 23.0. The van der Waals surface area contributed by atoms with E-state index in [2.05, 4.69) is 34.0 Å². The second-order valence-corrected chi connectivity index (χ2v) is 33.2. The maximum atomic E-state index is 13.2. The highest BCUT2D eigenvalue weighted by molar-refractivity contribution is 6.13. The van der Waals surface area contributed by atoms with Crippen LogP contribution in [0, 0.1) is 154 Å². The number of amides is 6. The number of cyclic esters (lactones) is 4. The molecule has 4 aliphatic heterocycles. The molecule has 12 N–H and O–H groups in total. The van der Waals surface area contributed by atoms with Gasteiger partial charge in [-0.3, -0.25) is 67.3 Å². The van der Waals surface area contributed by atoms with Gasteiger partial charge >= 0.3 is 35.8 Å². The van der Waals surface area contributed by atoms with Crippen LogP contribution in [-0.2, 0) is 67.0 Å². The number of ether oxygens (including phenoxy) is 2. The van der Waals surface area contributed by atoms with Crippen molar-refractivity contribution in [1.82, 2.24) is 20.4 Å². The summed E-state index contributed by atoms with van der Waals surface area (Å²) in [5, 5.41) is 24.8. The van der Waals surface area contributed by atoms with Gasteiger partial charge in [0, 0.05) is 38.3 Å². The number of carbonyl (C=O) groups excluding carboxylic acids is 10. The SMILES string of the molecule is C.CC1CCC(CC2CCC(N3C(=O)C4C(C3=O)C3C5C(=O)N(C)C(=O)C5C43)CC2)CC1.CNC(=O)C1C(C(=O)O)C2C(C(=O)O)C(C(=O)NC3CCC(CC4CCC(C)CC4)CC3)C12.NC1CCC(CC2CCC(N)CC2)CC1.O.O.O=C1OC(=O)C2C1C1C3C(=O)OC(=O)C3C21. The van der Waals surface area contributed by atoms with Gasteiger partial charge in [-0.2, -0.15) is 0 Å². The lowest BCUT2D eigenvalue weighted by molar-refractivity contribution is -0.222. The van der Waals surface area contributed by atoms with Gasteiger partial charge < -0.3 is 52.7 Å². The highest BCUT2D eigenvalue weighted by Crippen LogP contribution is 2.71. The molecule has 98 heavy (non-hydrogen) atoms. The molecule has 12 aliphatic carbocycles. The zero-order chi connectivity index (χ0) is 67.3. The molecule has 24 heteroatoms. The van der Waals surface area contributed by atoms with Crippen LogP contribution in [0.5, 0.6) is 0 Å². The molecule has 0 spiro atoms. The largest absolute Gasteiger partial charge is 0.481 e. The predicted octanol–water partition coefficient (Wildman–Crippen LogP) is 5.65. The Hall–Kier alpha value is -5.72. The average Bonchev–Trinajstić information content (AvgIpc) is 1.43. The van der Waals surface area contributed by atoms with Crippen molar-refractivity contribution in [3.63, 3.8) is 0 Å². The Bertz CT molecular complexity index is 2890. The molecule has 16 atom stereocenters. The second-order valence-electron chi connectivity index (χ2n) is 33.2. The minimum Gasteiger partial charge on any atom is -0.481 e. The van der Waals surface area contributed by atoms with Crippen LogP contribution in [0.25, 0.3) is 0 Å². The van der Waals surface area contributed by atoms with Crippen LogP contribution >= 0.6 is 0 Å². The molecule has 6 amide bonds. The van der Waals surface area contributed by atoms with Gasteiger partial charge in [0.05, 0.1) is 71.0 Å². The van der Waals surface area contributed by atoms with Gasteiger partial charge in [-0.25, -0.2) is 0 Å². The molecule has 4 heterocycles. The molecule has 12 saturated carbocycles. The number of carboxylic acid groups (broad SMARTS) is 2. The molecular formula is C74H112N6O18. The smallest absolute Gasteiger partial charge is 0.317 e. The van der Waals surface area contributed by atoms with Gasteiger partial charge in [0.2, 0.25) is 35.4 Å². The average molecular weight is 1370 g/mol. The number of nitrogens with two attached hydrogens (primary N) is 2. The molecule has 4 saturated heterocycles. The summed E-state index contributed by atoms with van der Waals surface area (Å²) >= 11 is 0. The van der Waals surface area contributed by atoms with Crippen LogP contribution in [0.4, 0.5) is 0 Å². The van der Waals surface area contributed by atoms with E-state index in [1.165, 1.54) is 141 Å². The quantitative estimate of drug-likeness (QED) is 0.0781. The third kappa shape index (κ3) is 13.3. The number of carboxylic acids is 2. The van der Waals surface area contributed by atoms with Crippen LogP contribution in [0.15, 0.2) is 0 Å². The first-order valence-electron chi connectivity index (χ1n) is 37.1. The van der Waals surface area contributed by atoms with Gasteiger partial charge in [0.25, 0.3) is 0 Å². The Balaban J connectivity index is 0.000000147. The molecule has 0 radical (unpaired) electrons.